The summed E-state index contributed by atoms with van der Waals surface area (Å²) in [6.07, 6.45) is 4.12. The van der Waals surface area contributed by atoms with Crippen molar-refractivity contribution in [3.05, 3.63) is 35.4 Å². The first-order valence-electron chi connectivity index (χ1n) is 8.54. The van der Waals surface area contributed by atoms with Gasteiger partial charge in [-0.3, -0.25) is 4.79 Å². The number of carbonyl (C=O) groups is 1. The lowest BCUT2D eigenvalue weighted by Gasteiger charge is -2.29. The molecule has 1 aliphatic rings. The molecule has 26 heavy (non-hydrogen) atoms. The third-order valence-electron chi connectivity index (χ3n) is 4.46. The molecular weight excluding hydrogens is 337 g/mol. The zero-order valence-electron chi connectivity index (χ0n) is 14.5. The number of hydrogen-bond donors (Lipinski definition) is 4. The third-order valence-corrected chi connectivity index (χ3v) is 4.46. The summed E-state index contributed by atoms with van der Waals surface area (Å²) in [5.41, 5.74) is 12.1. The Kier molecular flexibility index (Phi) is 5.27. The Bertz CT molecular complexity index is 814. The minimum absolute atomic E-state index is 0.0210. The van der Waals surface area contributed by atoms with Crippen molar-refractivity contribution in [2.45, 2.75) is 44.7 Å². The molecule has 1 amide bonds. The maximum absolute atomic E-state index is 13.4. The molecule has 0 aromatic carbocycles. The van der Waals surface area contributed by atoms with Crippen LogP contribution in [0.4, 0.5) is 21.7 Å². The van der Waals surface area contributed by atoms with Crippen molar-refractivity contribution in [2.75, 3.05) is 10.6 Å². The van der Waals surface area contributed by atoms with E-state index in [1.54, 1.807) is 13.0 Å². The van der Waals surface area contributed by atoms with Gasteiger partial charge in [0.1, 0.15) is 11.6 Å². The molecule has 2 heterocycles. The lowest BCUT2D eigenvalue weighted by molar-refractivity contribution is 0.0995. The molecule has 6 N–H and O–H groups in total. The summed E-state index contributed by atoms with van der Waals surface area (Å²) in [7, 11) is 0. The highest BCUT2D eigenvalue weighted by Crippen LogP contribution is 2.24. The van der Waals surface area contributed by atoms with Gasteiger partial charge < -0.3 is 22.1 Å². The second-order valence-corrected chi connectivity index (χ2v) is 6.44. The first-order chi connectivity index (χ1) is 12.4. The van der Waals surface area contributed by atoms with Crippen LogP contribution in [0.1, 0.15) is 41.9 Å². The van der Waals surface area contributed by atoms with Gasteiger partial charge in [-0.05, 0) is 31.9 Å². The molecule has 0 radical (unpaired) electrons. The van der Waals surface area contributed by atoms with E-state index in [-0.39, 0.29) is 23.5 Å². The van der Waals surface area contributed by atoms with E-state index in [4.69, 9.17) is 11.5 Å². The Morgan fingerprint density at radius 2 is 2.00 bits per heavy atom. The maximum atomic E-state index is 13.4. The summed E-state index contributed by atoms with van der Waals surface area (Å²) in [5.74, 6) is -0.273. The van der Waals surface area contributed by atoms with Crippen LogP contribution in [0.25, 0.3) is 0 Å². The quantitative estimate of drug-likeness (QED) is 0.640. The molecule has 1 aliphatic carbocycles. The molecule has 9 heteroatoms. The van der Waals surface area contributed by atoms with E-state index in [9.17, 15) is 9.18 Å². The zero-order chi connectivity index (χ0) is 18.7. The molecule has 3 rings (SSSR count). The topological polar surface area (TPSA) is 132 Å². The number of nitrogens with two attached hydrogens (primary N) is 2. The SMILES string of the molecule is Cc1nc(Nc2cc(NC3CCCCC3N)nnc2C(N)=O)ccc1F. The summed E-state index contributed by atoms with van der Waals surface area (Å²) in [6.45, 7) is 1.55. The number of pyridine rings is 1. The van der Waals surface area contributed by atoms with E-state index in [2.05, 4.69) is 25.8 Å². The molecule has 0 aliphatic heterocycles. The Morgan fingerprint density at radius 3 is 2.69 bits per heavy atom. The highest BCUT2D eigenvalue weighted by atomic mass is 19.1. The number of nitrogens with one attached hydrogen (secondary N) is 2. The molecule has 0 spiro atoms. The van der Waals surface area contributed by atoms with Gasteiger partial charge in [0.05, 0.1) is 11.4 Å². The number of anilines is 3. The van der Waals surface area contributed by atoms with E-state index in [1.165, 1.54) is 12.1 Å². The number of nitrogens with zero attached hydrogens (tertiary/aromatic N) is 3. The summed E-state index contributed by atoms with van der Waals surface area (Å²) < 4.78 is 13.4. The predicted molar refractivity (Wildman–Crippen MR) is 96.6 cm³/mol. The Hall–Kier alpha value is -2.81. The van der Waals surface area contributed by atoms with Crippen molar-refractivity contribution in [3.8, 4) is 0 Å². The van der Waals surface area contributed by atoms with Crippen molar-refractivity contribution in [3.63, 3.8) is 0 Å². The van der Waals surface area contributed by atoms with E-state index >= 15 is 0 Å². The number of amides is 1. The van der Waals surface area contributed by atoms with Gasteiger partial charge in [0.15, 0.2) is 11.5 Å². The lowest BCUT2D eigenvalue weighted by atomic mass is 9.91. The summed E-state index contributed by atoms with van der Waals surface area (Å²) in [5, 5.41) is 14.2. The van der Waals surface area contributed by atoms with Crippen molar-refractivity contribution < 1.29 is 9.18 Å². The monoisotopic (exact) mass is 359 g/mol. The first kappa shape index (κ1) is 18.0. The molecular formula is C17H22FN7O. The van der Waals surface area contributed by atoms with Crippen LogP contribution in [0.5, 0.6) is 0 Å². The average molecular weight is 359 g/mol. The fraction of sp³-hybridized carbons (Fsp3) is 0.412. The van der Waals surface area contributed by atoms with Crippen LogP contribution < -0.4 is 22.1 Å². The van der Waals surface area contributed by atoms with Gasteiger partial charge in [0, 0.05) is 18.2 Å². The number of hydrogen-bond acceptors (Lipinski definition) is 7. The second-order valence-electron chi connectivity index (χ2n) is 6.44. The van der Waals surface area contributed by atoms with Crippen LogP contribution in [0.15, 0.2) is 18.2 Å². The summed E-state index contributed by atoms with van der Waals surface area (Å²) in [6, 6.07) is 4.53. The molecule has 2 aromatic heterocycles. The van der Waals surface area contributed by atoms with E-state index in [0.717, 1.165) is 25.7 Å². The molecule has 138 valence electrons. The molecule has 1 saturated carbocycles. The summed E-state index contributed by atoms with van der Waals surface area (Å²) in [4.78, 5) is 15.7. The number of aryl methyl sites for hydroxylation is 1. The normalized spacial score (nSPS) is 19.8. The van der Waals surface area contributed by atoms with Gasteiger partial charge in [-0.1, -0.05) is 12.8 Å². The zero-order valence-corrected chi connectivity index (χ0v) is 14.5. The van der Waals surface area contributed by atoms with Gasteiger partial charge >= 0.3 is 0 Å². The van der Waals surface area contributed by atoms with Crippen molar-refractivity contribution in [2.24, 2.45) is 11.5 Å². The van der Waals surface area contributed by atoms with Crippen LogP contribution in [0, 0.1) is 12.7 Å². The van der Waals surface area contributed by atoms with E-state index < -0.39 is 11.7 Å². The Balaban J connectivity index is 1.86. The number of halogens is 1. The number of rotatable bonds is 5. The number of carbonyl (C=O) groups excluding carboxylic acids is 1. The van der Waals surface area contributed by atoms with Gasteiger partial charge in [0.2, 0.25) is 0 Å². The van der Waals surface area contributed by atoms with Crippen LogP contribution in [-0.2, 0) is 0 Å². The van der Waals surface area contributed by atoms with Crippen LogP contribution in [0.3, 0.4) is 0 Å². The van der Waals surface area contributed by atoms with Crippen LogP contribution in [-0.4, -0.2) is 33.2 Å². The molecule has 0 saturated heterocycles. The number of primary amides is 1. The predicted octanol–water partition coefficient (Wildman–Crippen LogP) is 1.84. The standard InChI is InChI=1S/C17H22FN7O/c1-9-10(18)6-7-14(21-9)23-13-8-15(24-25-16(13)17(20)26)22-12-5-3-2-4-11(12)19/h6-8,11-12H,2-5,19H2,1H3,(H2,20,26)(H2,21,22,23,24). The Morgan fingerprint density at radius 1 is 1.23 bits per heavy atom. The first-order valence-corrected chi connectivity index (χ1v) is 8.54. The van der Waals surface area contributed by atoms with Crippen LogP contribution in [0.2, 0.25) is 0 Å². The van der Waals surface area contributed by atoms with E-state index in [0.29, 0.717) is 17.3 Å². The third kappa shape index (κ3) is 4.05. The Labute approximate surface area is 150 Å². The average Bonchev–Trinajstić information content (AvgIpc) is 2.60. The highest BCUT2D eigenvalue weighted by Gasteiger charge is 2.23. The molecule has 2 atom stereocenters. The highest BCUT2D eigenvalue weighted by molar-refractivity contribution is 5.97. The molecule has 2 aromatic rings. The molecule has 0 bridgehead atoms. The molecule has 2 unspecified atom stereocenters. The molecule has 8 nitrogen and oxygen atoms in total. The largest absolute Gasteiger partial charge is 0.364 e. The minimum Gasteiger partial charge on any atom is -0.364 e. The fourth-order valence-electron chi connectivity index (χ4n) is 3.02. The van der Waals surface area contributed by atoms with Gasteiger partial charge in [0.25, 0.3) is 5.91 Å². The van der Waals surface area contributed by atoms with Gasteiger partial charge in [-0.15, -0.1) is 10.2 Å². The van der Waals surface area contributed by atoms with Gasteiger partial charge in [-0.25, -0.2) is 9.37 Å². The number of aromatic nitrogens is 3. The van der Waals surface area contributed by atoms with Crippen molar-refractivity contribution in [1.82, 2.24) is 15.2 Å². The second kappa shape index (κ2) is 7.61. The van der Waals surface area contributed by atoms with Crippen LogP contribution >= 0.6 is 0 Å². The van der Waals surface area contributed by atoms with Crippen molar-refractivity contribution >= 4 is 23.2 Å². The fourth-order valence-corrected chi connectivity index (χ4v) is 3.02. The molecule has 1 fully saturated rings. The lowest BCUT2D eigenvalue weighted by Crippen LogP contribution is -2.42. The summed E-state index contributed by atoms with van der Waals surface area (Å²) >= 11 is 0. The van der Waals surface area contributed by atoms with Crippen molar-refractivity contribution in [1.29, 1.82) is 0 Å². The smallest absolute Gasteiger partial charge is 0.271 e. The minimum atomic E-state index is -0.722. The van der Waals surface area contributed by atoms with E-state index in [1.807, 2.05) is 0 Å². The van der Waals surface area contributed by atoms with Gasteiger partial charge in [-0.2, -0.15) is 0 Å². The maximum Gasteiger partial charge on any atom is 0.271 e.